The molecule has 0 fully saturated rings. The van der Waals surface area contributed by atoms with Crippen molar-refractivity contribution in [2.24, 2.45) is 0 Å². The van der Waals surface area contributed by atoms with Crippen molar-refractivity contribution in [3.05, 3.63) is 74.1 Å². The summed E-state index contributed by atoms with van der Waals surface area (Å²) < 4.78 is 0. The van der Waals surface area contributed by atoms with Crippen molar-refractivity contribution in [2.75, 3.05) is 5.32 Å². The van der Waals surface area contributed by atoms with Crippen LogP contribution in [0.4, 0.5) is 11.5 Å². The van der Waals surface area contributed by atoms with Crippen LogP contribution in [-0.4, -0.2) is 24.9 Å². The smallest absolute Gasteiger partial charge is 0.184 e. The Labute approximate surface area is 133 Å². The summed E-state index contributed by atoms with van der Waals surface area (Å²) in [5.74, 6) is 1.07. The lowest BCUT2D eigenvalue weighted by atomic mass is 10.2. The van der Waals surface area contributed by atoms with Crippen molar-refractivity contribution in [1.29, 1.82) is 0 Å². The van der Waals surface area contributed by atoms with Crippen LogP contribution >= 0.6 is 0 Å². The molecule has 0 aromatic carbocycles. The molecular formula is C17H14N6. The third-order valence-electron chi connectivity index (χ3n) is 3.05. The minimum atomic E-state index is 0.504. The molecule has 0 aliphatic carbocycles. The zero-order valence-electron chi connectivity index (χ0n) is 12.3. The summed E-state index contributed by atoms with van der Waals surface area (Å²) in [6.45, 7) is 7.49. The van der Waals surface area contributed by atoms with Crippen LogP contribution in [0.15, 0.2) is 68.3 Å². The van der Waals surface area contributed by atoms with Gasteiger partial charge in [-0.3, -0.25) is 4.98 Å². The minimum Gasteiger partial charge on any atom is -0.338 e. The Morgan fingerprint density at radius 1 is 1.00 bits per heavy atom. The lowest BCUT2D eigenvalue weighted by Crippen LogP contribution is -2.03. The summed E-state index contributed by atoms with van der Waals surface area (Å²) >= 11 is 0. The Kier molecular flexibility index (Phi) is 4.15. The lowest BCUT2D eigenvalue weighted by molar-refractivity contribution is 1.11. The average molecular weight is 302 g/mol. The van der Waals surface area contributed by atoms with Crippen LogP contribution in [0.2, 0.25) is 0 Å². The molecule has 0 atom stereocenters. The number of hydrogen-bond donors (Lipinski definition) is 1. The molecule has 0 radical (unpaired) electrons. The molecule has 0 bridgehead atoms. The fraction of sp³-hybridized carbons (Fsp3) is 0. The molecule has 0 amide bonds. The second kappa shape index (κ2) is 6.57. The number of allylic oxidation sites excluding steroid dienone is 4. The first-order chi connectivity index (χ1) is 11.3. The number of anilines is 2. The van der Waals surface area contributed by atoms with Gasteiger partial charge in [-0.15, -0.1) is 0 Å². The molecule has 6 heteroatoms. The van der Waals surface area contributed by atoms with E-state index in [1.807, 2.05) is 12.1 Å². The number of pyridine rings is 1. The van der Waals surface area contributed by atoms with E-state index in [-0.39, 0.29) is 0 Å². The van der Waals surface area contributed by atoms with E-state index in [1.54, 1.807) is 43.0 Å². The molecule has 23 heavy (non-hydrogen) atoms. The van der Waals surface area contributed by atoms with E-state index >= 15 is 0 Å². The van der Waals surface area contributed by atoms with Crippen LogP contribution in [0, 0.1) is 0 Å². The summed E-state index contributed by atoms with van der Waals surface area (Å²) in [6.07, 6.45) is 11.7. The average Bonchev–Trinajstić information content (AvgIpc) is 2.60. The molecule has 3 heterocycles. The van der Waals surface area contributed by atoms with E-state index in [9.17, 15) is 0 Å². The molecule has 3 rings (SSSR count). The van der Waals surface area contributed by atoms with Crippen molar-refractivity contribution >= 4 is 28.2 Å². The van der Waals surface area contributed by atoms with Gasteiger partial charge in [0.1, 0.15) is 0 Å². The quantitative estimate of drug-likeness (QED) is 0.729. The van der Waals surface area contributed by atoms with Gasteiger partial charge in [-0.25, -0.2) is 19.9 Å². The molecule has 3 aromatic rings. The van der Waals surface area contributed by atoms with Crippen LogP contribution in [0.5, 0.6) is 0 Å². The summed E-state index contributed by atoms with van der Waals surface area (Å²) in [7, 11) is 0. The Bertz CT molecular complexity index is 886. The summed E-state index contributed by atoms with van der Waals surface area (Å²) in [5.41, 5.74) is 2.70. The van der Waals surface area contributed by atoms with Crippen molar-refractivity contribution in [3.8, 4) is 0 Å². The van der Waals surface area contributed by atoms with E-state index in [1.165, 1.54) is 0 Å². The number of nitrogens with zero attached hydrogens (tertiary/aromatic N) is 5. The Morgan fingerprint density at radius 2 is 1.78 bits per heavy atom. The fourth-order valence-corrected chi connectivity index (χ4v) is 2.01. The van der Waals surface area contributed by atoms with E-state index in [4.69, 9.17) is 0 Å². The molecule has 0 aliphatic heterocycles. The topological polar surface area (TPSA) is 76.5 Å². The van der Waals surface area contributed by atoms with Crippen LogP contribution in [0.25, 0.3) is 16.7 Å². The third kappa shape index (κ3) is 3.11. The number of hydrogen-bond acceptors (Lipinski definition) is 6. The highest BCUT2D eigenvalue weighted by atomic mass is 15.1. The van der Waals surface area contributed by atoms with Crippen molar-refractivity contribution < 1.29 is 0 Å². The largest absolute Gasteiger partial charge is 0.338 e. The summed E-state index contributed by atoms with van der Waals surface area (Å²) in [5, 5.41) is 3.23. The van der Waals surface area contributed by atoms with Gasteiger partial charge in [-0.2, -0.15) is 0 Å². The van der Waals surface area contributed by atoms with Crippen molar-refractivity contribution in [2.45, 2.75) is 0 Å². The number of fused-ring (bicyclic) bond motifs is 1. The van der Waals surface area contributed by atoms with Crippen molar-refractivity contribution in [3.63, 3.8) is 0 Å². The zero-order chi connectivity index (χ0) is 16.1. The first-order valence-corrected chi connectivity index (χ1v) is 6.93. The summed E-state index contributed by atoms with van der Waals surface area (Å²) in [4.78, 5) is 21.6. The first kappa shape index (κ1) is 14.5. The first-order valence-electron chi connectivity index (χ1n) is 6.93. The van der Waals surface area contributed by atoms with Gasteiger partial charge in [0.25, 0.3) is 0 Å². The number of nitrogens with one attached hydrogen (secondary N) is 1. The molecule has 1 N–H and O–H groups in total. The molecule has 112 valence electrons. The van der Waals surface area contributed by atoms with Gasteiger partial charge in [-0.1, -0.05) is 31.4 Å². The van der Waals surface area contributed by atoms with Crippen LogP contribution in [0.3, 0.4) is 0 Å². The molecule has 0 saturated heterocycles. The van der Waals surface area contributed by atoms with Gasteiger partial charge >= 0.3 is 0 Å². The maximum absolute atomic E-state index is 4.55. The van der Waals surface area contributed by atoms with Gasteiger partial charge < -0.3 is 5.32 Å². The van der Waals surface area contributed by atoms with Gasteiger partial charge in [0.05, 0.1) is 0 Å². The zero-order valence-corrected chi connectivity index (χ0v) is 12.3. The number of aromatic nitrogens is 5. The maximum Gasteiger partial charge on any atom is 0.184 e. The minimum absolute atomic E-state index is 0.504. The van der Waals surface area contributed by atoms with Gasteiger partial charge in [0.15, 0.2) is 22.8 Å². The molecular weight excluding hydrogens is 288 g/mol. The lowest BCUT2D eigenvalue weighted by Gasteiger charge is -2.09. The van der Waals surface area contributed by atoms with Crippen LogP contribution in [0.1, 0.15) is 5.82 Å². The standard InChI is InChI=1S/C17H14N6/c1-3-5-12(4-2)15-22-16-14(19-10-11-20-16)17(23-15)21-13-6-8-18-9-7-13/h3-11H,1-2H2,(H,18,20,21,22,23)/b12-5+. The normalized spacial score (nSPS) is 11.2. The molecule has 0 unspecified atom stereocenters. The molecule has 0 saturated carbocycles. The van der Waals surface area contributed by atoms with Crippen LogP contribution in [-0.2, 0) is 0 Å². The van der Waals surface area contributed by atoms with E-state index in [2.05, 4.69) is 43.4 Å². The van der Waals surface area contributed by atoms with E-state index in [0.29, 0.717) is 22.8 Å². The van der Waals surface area contributed by atoms with E-state index < -0.39 is 0 Å². The Morgan fingerprint density at radius 3 is 2.52 bits per heavy atom. The third-order valence-corrected chi connectivity index (χ3v) is 3.05. The van der Waals surface area contributed by atoms with Gasteiger partial charge in [-0.05, 0) is 12.1 Å². The van der Waals surface area contributed by atoms with Crippen LogP contribution < -0.4 is 5.32 Å². The monoisotopic (exact) mass is 302 g/mol. The highest BCUT2D eigenvalue weighted by molar-refractivity contribution is 5.86. The molecule has 0 spiro atoms. The molecule has 6 nitrogen and oxygen atoms in total. The highest BCUT2D eigenvalue weighted by Crippen LogP contribution is 2.23. The molecule has 3 aromatic heterocycles. The maximum atomic E-state index is 4.55. The second-order valence-corrected chi connectivity index (χ2v) is 4.55. The predicted molar refractivity (Wildman–Crippen MR) is 91.0 cm³/mol. The number of rotatable bonds is 5. The second-order valence-electron chi connectivity index (χ2n) is 4.55. The Balaban J connectivity index is 2.16. The Hall–Kier alpha value is -3.41. The van der Waals surface area contributed by atoms with Gasteiger partial charge in [0.2, 0.25) is 0 Å². The van der Waals surface area contributed by atoms with Gasteiger partial charge in [0, 0.05) is 36.0 Å². The SMILES string of the molecule is C=C/C=C(\C=C)c1nc(Nc2ccncc2)c2nccnc2n1. The summed E-state index contributed by atoms with van der Waals surface area (Å²) in [6, 6.07) is 3.69. The highest BCUT2D eigenvalue weighted by Gasteiger charge is 2.11. The fourth-order valence-electron chi connectivity index (χ4n) is 2.01. The van der Waals surface area contributed by atoms with Crippen molar-refractivity contribution in [1.82, 2.24) is 24.9 Å². The molecule has 0 aliphatic rings. The van der Waals surface area contributed by atoms with E-state index in [0.717, 1.165) is 11.3 Å². The predicted octanol–water partition coefficient (Wildman–Crippen LogP) is 3.31.